The summed E-state index contributed by atoms with van der Waals surface area (Å²) in [6.45, 7) is 2.36. The van der Waals surface area contributed by atoms with E-state index >= 15 is 0 Å². The predicted octanol–water partition coefficient (Wildman–Crippen LogP) is 5.28. The number of nitrogens with zero attached hydrogens (tertiary/aromatic N) is 5. The average molecular weight is 458 g/mol. The van der Waals surface area contributed by atoms with Gasteiger partial charge in [-0.1, -0.05) is 12.1 Å². The Hall–Kier alpha value is -4.40. The van der Waals surface area contributed by atoms with Gasteiger partial charge in [-0.15, -0.1) is 0 Å². The van der Waals surface area contributed by atoms with E-state index in [1.807, 2.05) is 41.9 Å². The summed E-state index contributed by atoms with van der Waals surface area (Å²) in [5.74, 6) is 0.178. The van der Waals surface area contributed by atoms with E-state index in [4.69, 9.17) is 4.74 Å². The van der Waals surface area contributed by atoms with Gasteiger partial charge in [0.05, 0.1) is 31.1 Å². The Balaban J connectivity index is 1.52. The SMILES string of the molecule is COc1ccc(Cn2ncc3nccc(Nc4nc(-c5cc(F)ccc5F)ncc4C)c32)cc1. The van der Waals surface area contributed by atoms with Crippen LogP contribution in [0.5, 0.6) is 5.75 Å². The van der Waals surface area contributed by atoms with E-state index in [1.165, 1.54) is 0 Å². The Morgan fingerprint density at radius 1 is 1.00 bits per heavy atom. The molecule has 170 valence electrons. The van der Waals surface area contributed by atoms with Crippen LogP contribution in [0.2, 0.25) is 0 Å². The molecule has 5 aromatic rings. The highest BCUT2D eigenvalue weighted by molar-refractivity contribution is 5.89. The highest BCUT2D eigenvalue weighted by Gasteiger charge is 2.15. The zero-order valence-electron chi connectivity index (χ0n) is 18.5. The Labute approximate surface area is 194 Å². The first kappa shape index (κ1) is 21.4. The van der Waals surface area contributed by atoms with E-state index in [0.29, 0.717) is 17.9 Å². The molecule has 7 nitrogen and oxygen atoms in total. The molecule has 0 saturated carbocycles. The highest BCUT2D eigenvalue weighted by Crippen LogP contribution is 2.28. The number of hydrogen-bond acceptors (Lipinski definition) is 6. The normalized spacial score (nSPS) is 11.1. The minimum Gasteiger partial charge on any atom is -0.497 e. The van der Waals surface area contributed by atoms with E-state index in [0.717, 1.165) is 46.3 Å². The number of aromatic nitrogens is 5. The van der Waals surface area contributed by atoms with Crippen molar-refractivity contribution in [2.75, 3.05) is 12.4 Å². The summed E-state index contributed by atoms with van der Waals surface area (Å²) >= 11 is 0. The van der Waals surface area contributed by atoms with Gasteiger partial charge in [0, 0.05) is 18.0 Å². The molecule has 3 heterocycles. The van der Waals surface area contributed by atoms with E-state index in [-0.39, 0.29) is 11.4 Å². The summed E-state index contributed by atoms with van der Waals surface area (Å²) in [5, 5.41) is 7.81. The number of ether oxygens (including phenoxy) is 1. The highest BCUT2D eigenvalue weighted by atomic mass is 19.1. The van der Waals surface area contributed by atoms with Crippen LogP contribution in [0.3, 0.4) is 0 Å². The molecule has 0 atom stereocenters. The van der Waals surface area contributed by atoms with Crippen molar-refractivity contribution >= 4 is 22.5 Å². The Morgan fingerprint density at radius 3 is 2.62 bits per heavy atom. The second-order valence-electron chi connectivity index (χ2n) is 7.72. The molecule has 5 rings (SSSR count). The van der Waals surface area contributed by atoms with Crippen molar-refractivity contribution in [1.82, 2.24) is 24.7 Å². The fourth-order valence-corrected chi connectivity index (χ4v) is 3.64. The number of rotatable bonds is 6. The van der Waals surface area contributed by atoms with Gasteiger partial charge in [-0.25, -0.2) is 18.7 Å². The summed E-state index contributed by atoms with van der Waals surface area (Å²) in [6, 6.07) is 12.8. The number of benzene rings is 2. The minimum atomic E-state index is -0.597. The molecular weight excluding hydrogens is 438 g/mol. The third-order valence-corrected chi connectivity index (χ3v) is 5.42. The van der Waals surface area contributed by atoms with Crippen molar-refractivity contribution in [3.63, 3.8) is 0 Å². The molecule has 0 aliphatic rings. The van der Waals surface area contributed by atoms with Gasteiger partial charge in [-0.05, 0) is 48.9 Å². The van der Waals surface area contributed by atoms with Crippen molar-refractivity contribution in [3.8, 4) is 17.1 Å². The zero-order chi connectivity index (χ0) is 23.7. The number of nitrogens with one attached hydrogen (secondary N) is 1. The first-order valence-electron chi connectivity index (χ1n) is 10.5. The average Bonchev–Trinajstić information content (AvgIpc) is 3.26. The standard InChI is InChI=1S/C25H20F2N6O/c1-15-12-29-25(19-11-17(26)5-8-20(19)27)32-24(15)31-21-9-10-28-22-13-30-33(23(21)22)14-16-3-6-18(34-2)7-4-16/h3-13H,14H2,1-2H3,(H,28,29,31,32). The van der Waals surface area contributed by atoms with Crippen LogP contribution in [0.4, 0.5) is 20.3 Å². The van der Waals surface area contributed by atoms with Crippen LogP contribution >= 0.6 is 0 Å². The van der Waals surface area contributed by atoms with Gasteiger partial charge in [-0.2, -0.15) is 5.10 Å². The van der Waals surface area contributed by atoms with E-state index < -0.39 is 11.6 Å². The lowest BCUT2D eigenvalue weighted by Crippen LogP contribution is -2.06. The van der Waals surface area contributed by atoms with Gasteiger partial charge in [0.2, 0.25) is 0 Å². The van der Waals surface area contributed by atoms with Crippen LogP contribution in [0.25, 0.3) is 22.4 Å². The van der Waals surface area contributed by atoms with Gasteiger partial charge < -0.3 is 10.1 Å². The number of halogens is 2. The predicted molar refractivity (Wildman–Crippen MR) is 125 cm³/mol. The molecule has 0 fully saturated rings. The molecule has 9 heteroatoms. The number of hydrogen-bond donors (Lipinski definition) is 1. The van der Waals surface area contributed by atoms with E-state index in [1.54, 1.807) is 25.7 Å². The summed E-state index contributed by atoms with van der Waals surface area (Å²) in [5.41, 5.74) is 4.00. The number of pyridine rings is 1. The minimum absolute atomic E-state index is 0.00697. The van der Waals surface area contributed by atoms with Crippen LogP contribution in [0.1, 0.15) is 11.1 Å². The molecule has 0 saturated heterocycles. The molecule has 34 heavy (non-hydrogen) atoms. The van der Waals surface area contributed by atoms with Crippen molar-refractivity contribution in [2.24, 2.45) is 0 Å². The molecule has 0 radical (unpaired) electrons. The summed E-state index contributed by atoms with van der Waals surface area (Å²) < 4.78 is 35.1. The Kier molecular flexibility index (Phi) is 5.59. The van der Waals surface area contributed by atoms with Crippen molar-refractivity contribution < 1.29 is 13.5 Å². The van der Waals surface area contributed by atoms with Crippen LogP contribution in [0.15, 0.2) is 67.1 Å². The van der Waals surface area contributed by atoms with Crippen LogP contribution in [-0.4, -0.2) is 31.8 Å². The summed E-state index contributed by atoms with van der Waals surface area (Å²) in [7, 11) is 1.63. The van der Waals surface area contributed by atoms with Crippen molar-refractivity contribution in [2.45, 2.75) is 13.5 Å². The zero-order valence-corrected chi connectivity index (χ0v) is 18.5. The smallest absolute Gasteiger partial charge is 0.164 e. The van der Waals surface area contributed by atoms with E-state index in [2.05, 4.69) is 25.4 Å². The van der Waals surface area contributed by atoms with Gasteiger partial charge in [0.15, 0.2) is 5.82 Å². The fraction of sp³-hybridized carbons (Fsp3) is 0.120. The van der Waals surface area contributed by atoms with Gasteiger partial charge >= 0.3 is 0 Å². The van der Waals surface area contributed by atoms with Crippen molar-refractivity contribution in [1.29, 1.82) is 0 Å². The first-order valence-corrected chi connectivity index (χ1v) is 10.5. The lowest BCUT2D eigenvalue weighted by molar-refractivity contribution is 0.414. The molecule has 0 amide bonds. The third kappa shape index (κ3) is 4.15. The second kappa shape index (κ2) is 8.86. The number of aryl methyl sites for hydroxylation is 1. The molecule has 0 unspecified atom stereocenters. The fourth-order valence-electron chi connectivity index (χ4n) is 3.64. The lowest BCUT2D eigenvalue weighted by atomic mass is 10.2. The van der Waals surface area contributed by atoms with Crippen LogP contribution in [-0.2, 0) is 6.54 Å². The molecule has 2 aromatic carbocycles. The number of anilines is 2. The maximum atomic E-state index is 14.3. The third-order valence-electron chi connectivity index (χ3n) is 5.42. The quantitative estimate of drug-likeness (QED) is 0.373. The molecule has 3 aromatic heterocycles. The summed E-state index contributed by atoms with van der Waals surface area (Å²) in [4.78, 5) is 13.1. The maximum absolute atomic E-state index is 14.3. The molecule has 1 N–H and O–H groups in total. The van der Waals surface area contributed by atoms with Gasteiger partial charge in [0.25, 0.3) is 0 Å². The monoisotopic (exact) mass is 458 g/mol. The second-order valence-corrected chi connectivity index (χ2v) is 7.72. The molecule has 0 spiro atoms. The molecule has 0 aliphatic heterocycles. The molecular formula is C25H20F2N6O. The summed E-state index contributed by atoms with van der Waals surface area (Å²) in [6.07, 6.45) is 4.94. The largest absolute Gasteiger partial charge is 0.497 e. The maximum Gasteiger partial charge on any atom is 0.164 e. The topological polar surface area (TPSA) is 77.8 Å². The number of methoxy groups -OCH3 is 1. The number of fused-ring (bicyclic) bond motifs is 1. The lowest BCUT2D eigenvalue weighted by Gasteiger charge is -2.13. The van der Waals surface area contributed by atoms with Gasteiger partial charge in [-0.3, -0.25) is 9.67 Å². The molecule has 0 bridgehead atoms. The Bertz CT molecular complexity index is 1480. The van der Waals surface area contributed by atoms with Crippen molar-refractivity contribution in [3.05, 3.63) is 89.9 Å². The molecule has 0 aliphatic carbocycles. The van der Waals surface area contributed by atoms with Crippen LogP contribution < -0.4 is 10.1 Å². The van der Waals surface area contributed by atoms with Gasteiger partial charge in [0.1, 0.15) is 34.2 Å². The van der Waals surface area contributed by atoms with Crippen LogP contribution in [0, 0.1) is 18.6 Å². The first-order chi connectivity index (χ1) is 16.5. The van der Waals surface area contributed by atoms with E-state index in [9.17, 15) is 8.78 Å². The Morgan fingerprint density at radius 2 is 1.82 bits per heavy atom.